The first kappa shape index (κ1) is 16.8. The van der Waals surface area contributed by atoms with E-state index in [1.807, 2.05) is 6.92 Å². The van der Waals surface area contributed by atoms with E-state index >= 15 is 0 Å². The molecule has 0 aliphatic carbocycles. The van der Waals surface area contributed by atoms with E-state index in [0.717, 1.165) is 26.1 Å². The van der Waals surface area contributed by atoms with Gasteiger partial charge in [0, 0.05) is 19.7 Å². The van der Waals surface area contributed by atoms with Crippen LogP contribution in [0.2, 0.25) is 0 Å². The molecule has 0 aromatic heterocycles. The van der Waals surface area contributed by atoms with Gasteiger partial charge in [0.05, 0.1) is 33.0 Å². The summed E-state index contributed by atoms with van der Waals surface area (Å²) >= 11 is 0. The lowest BCUT2D eigenvalue weighted by Gasteiger charge is -2.17. The Labute approximate surface area is 105 Å². The van der Waals surface area contributed by atoms with Gasteiger partial charge in [-0.15, -0.1) is 0 Å². The maximum atomic E-state index is 5.69. The van der Waals surface area contributed by atoms with Gasteiger partial charge in [0.15, 0.2) is 0 Å². The van der Waals surface area contributed by atoms with Crippen molar-refractivity contribution in [2.24, 2.45) is 5.73 Å². The van der Waals surface area contributed by atoms with E-state index in [0.29, 0.717) is 26.4 Å². The van der Waals surface area contributed by atoms with Gasteiger partial charge >= 0.3 is 0 Å². The number of nitrogens with two attached hydrogens (primary N) is 1. The molecule has 0 rings (SSSR count). The third kappa shape index (κ3) is 13.7. The normalized spacial score (nSPS) is 13.2. The van der Waals surface area contributed by atoms with E-state index in [4.69, 9.17) is 19.9 Å². The lowest BCUT2D eigenvalue weighted by Crippen LogP contribution is -2.29. The zero-order valence-electron chi connectivity index (χ0n) is 11.5. The molecule has 0 aromatic rings. The molecule has 1 atom stereocenters. The van der Waals surface area contributed by atoms with Gasteiger partial charge in [-0.1, -0.05) is 0 Å². The minimum atomic E-state index is 0.271. The van der Waals surface area contributed by atoms with Crippen LogP contribution in [0.3, 0.4) is 0 Å². The van der Waals surface area contributed by atoms with Crippen molar-refractivity contribution in [3.8, 4) is 0 Å². The second kappa shape index (κ2) is 12.3. The summed E-state index contributed by atoms with van der Waals surface area (Å²) in [5.41, 5.74) is 5.69. The van der Waals surface area contributed by atoms with Crippen molar-refractivity contribution in [3.05, 3.63) is 0 Å². The van der Waals surface area contributed by atoms with Crippen molar-refractivity contribution in [1.82, 2.24) is 4.90 Å². The molecule has 0 aliphatic rings. The standard InChI is InChI=1S/C12H28N2O3/c1-12(13)4-5-14(2)6-7-16-10-11-17-9-8-15-3/h12H,4-11,13H2,1-3H3. The van der Waals surface area contributed by atoms with Crippen molar-refractivity contribution in [3.63, 3.8) is 0 Å². The molecule has 0 amide bonds. The zero-order chi connectivity index (χ0) is 12.9. The predicted molar refractivity (Wildman–Crippen MR) is 69.3 cm³/mol. The molecular weight excluding hydrogens is 220 g/mol. The molecule has 0 aliphatic heterocycles. The maximum absolute atomic E-state index is 5.69. The highest BCUT2D eigenvalue weighted by atomic mass is 16.5. The largest absolute Gasteiger partial charge is 0.382 e. The second-order valence-electron chi connectivity index (χ2n) is 4.29. The molecule has 104 valence electrons. The SMILES string of the molecule is COCCOCCOCCN(C)CCC(C)N. The molecule has 17 heavy (non-hydrogen) atoms. The highest BCUT2D eigenvalue weighted by molar-refractivity contribution is 4.57. The molecule has 0 saturated carbocycles. The summed E-state index contributed by atoms with van der Waals surface area (Å²) in [6, 6.07) is 0.271. The minimum Gasteiger partial charge on any atom is -0.382 e. The van der Waals surface area contributed by atoms with Crippen molar-refractivity contribution in [1.29, 1.82) is 0 Å². The fourth-order valence-electron chi connectivity index (χ4n) is 1.22. The number of ether oxygens (including phenoxy) is 3. The third-order valence-electron chi connectivity index (χ3n) is 2.39. The molecule has 0 spiro atoms. The molecule has 2 N–H and O–H groups in total. The molecule has 5 heteroatoms. The first-order valence-corrected chi connectivity index (χ1v) is 6.25. The second-order valence-corrected chi connectivity index (χ2v) is 4.29. The van der Waals surface area contributed by atoms with Crippen LogP contribution >= 0.6 is 0 Å². The van der Waals surface area contributed by atoms with Gasteiger partial charge in [0.1, 0.15) is 0 Å². The number of rotatable bonds is 12. The lowest BCUT2D eigenvalue weighted by molar-refractivity contribution is 0.0207. The number of methoxy groups -OCH3 is 1. The Balaban J connectivity index is 3.11. The predicted octanol–water partition coefficient (Wildman–Crippen LogP) is 0.335. The summed E-state index contributed by atoms with van der Waals surface area (Å²) in [6.45, 7) is 7.27. The topological polar surface area (TPSA) is 57.0 Å². The Morgan fingerprint density at radius 2 is 1.59 bits per heavy atom. The third-order valence-corrected chi connectivity index (χ3v) is 2.39. The Hall–Kier alpha value is -0.200. The first-order chi connectivity index (χ1) is 8.16. The summed E-state index contributed by atoms with van der Waals surface area (Å²) in [6.07, 6.45) is 1.02. The zero-order valence-corrected chi connectivity index (χ0v) is 11.5. The van der Waals surface area contributed by atoms with Crippen LogP contribution < -0.4 is 5.73 Å². The van der Waals surface area contributed by atoms with E-state index < -0.39 is 0 Å². The fraction of sp³-hybridized carbons (Fsp3) is 1.00. The Kier molecular flexibility index (Phi) is 12.1. The summed E-state index contributed by atoms with van der Waals surface area (Å²) in [5, 5.41) is 0. The molecule has 0 aromatic carbocycles. The average Bonchev–Trinajstić information content (AvgIpc) is 2.30. The van der Waals surface area contributed by atoms with E-state index in [2.05, 4.69) is 11.9 Å². The first-order valence-electron chi connectivity index (χ1n) is 6.25. The van der Waals surface area contributed by atoms with Crippen LogP contribution in [0.1, 0.15) is 13.3 Å². The van der Waals surface area contributed by atoms with E-state index in [1.54, 1.807) is 7.11 Å². The molecule has 0 heterocycles. The van der Waals surface area contributed by atoms with Crippen LogP contribution in [0.4, 0.5) is 0 Å². The smallest absolute Gasteiger partial charge is 0.0701 e. The quantitative estimate of drug-likeness (QED) is 0.505. The maximum Gasteiger partial charge on any atom is 0.0701 e. The van der Waals surface area contributed by atoms with Gasteiger partial charge in [-0.3, -0.25) is 0 Å². The Bertz CT molecular complexity index is 157. The Morgan fingerprint density at radius 1 is 1.00 bits per heavy atom. The minimum absolute atomic E-state index is 0.271. The van der Waals surface area contributed by atoms with Crippen LogP contribution in [0, 0.1) is 0 Å². The molecule has 1 unspecified atom stereocenters. The van der Waals surface area contributed by atoms with Gasteiger partial charge in [0.2, 0.25) is 0 Å². The Morgan fingerprint density at radius 3 is 2.18 bits per heavy atom. The average molecular weight is 248 g/mol. The molecule has 0 bridgehead atoms. The molecule has 5 nitrogen and oxygen atoms in total. The monoisotopic (exact) mass is 248 g/mol. The number of hydrogen-bond donors (Lipinski definition) is 1. The van der Waals surface area contributed by atoms with E-state index in [-0.39, 0.29) is 6.04 Å². The van der Waals surface area contributed by atoms with Crippen molar-refractivity contribution < 1.29 is 14.2 Å². The summed E-state index contributed by atoms with van der Waals surface area (Å²) in [7, 11) is 3.75. The van der Waals surface area contributed by atoms with Crippen molar-refractivity contribution >= 4 is 0 Å². The van der Waals surface area contributed by atoms with Crippen LogP contribution in [0.15, 0.2) is 0 Å². The fourth-order valence-corrected chi connectivity index (χ4v) is 1.22. The molecule has 0 fully saturated rings. The summed E-state index contributed by atoms with van der Waals surface area (Å²) < 4.78 is 15.6. The van der Waals surface area contributed by atoms with E-state index in [9.17, 15) is 0 Å². The number of hydrogen-bond acceptors (Lipinski definition) is 5. The van der Waals surface area contributed by atoms with Crippen molar-refractivity contribution in [2.45, 2.75) is 19.4 Å². The summed E-state index contributed by atoms with van der Waals surface area (Å²) in [5.74, 6) is 0. The molecular formula is C12H28N2O3. The van der Waals surface area contributed by atoms with Gasteiger partial charge in [-0.2, -0.15) is 0 Å². The van der Waals surface area contributed by atoms with Gasteiger partial charge in [0.25, 0.3) is 0 Å². The summed E-state index contributed by atoms with van der Waals surface area (Å²) in [4.78, 5) is 2.23. The lowest BCUT2D eigenvalue weighted by atomic mass is 10.2. The number of likely N-dealkylation sites (N-methyl/N-ethyl adjacent to an activating group) is 1. The van der Waals surface area contributed by atoms with Crippen LogP contribution in [0.25, 0.3) is 0 Å². The van der Waals surface area contributed by atoms with Crippen LogP contribution in [-0.4, -0.2) is 71.2 Å². The highest BCUT2D eigenvalue weighted by Crippen LogP contribution is 1.91. The van der Waals surface area contributed by atoms with Crippen molar-refractivity contribution in [2.75, 3.05) is 60.3 Å². The van der Waals surface area contributed by atoms with Gasteiger partial charge in [-0.25, -0.2) is 0 Å². The highest BCUT2D eigenvalue weighted by Gasteiger charge is 2.00. The molecule has 0 radical (unpaired) electrons. The molecule has 0 saturated heterocycles. The van der Waals surface area contributed by atoms with Gasteiger partial charge < -0.3 is 24.8 Å². The van der Waals surface area contributed by atoms with Crippen LogP contribution in [-0.2, 0) is 14.2 Å². The van der Waals surface area contributed by atoms with E-state index in [1.165, 1.54) is 0 Å². The van der Waals surface area contributed by atoms with Gasteiger partial charge in [-0.05, 0) is 26.9 Å². The van der Waals surface area contributed by atoms with Crippen LogP contribution in [0.5, 0.6) is 0 Å². The number of nitrogens with zero attached hydrogens (tertiary/aromatic N) is 1.